The van der Waals surface area contributed by atoms with Crippen molar-refractivity contribution in [3.63, 3.8) is 0 Å². The fourth-order valence-electron chi connectivity index (χ4n) is 4.68. The Morgan fingerprint density at radius 1 is 1.09 bits per heavy atom. The van der Waals surface area contributed by atoms with Crippen molar-refractivity contribution in [1.29, 1.82) is 0 Å². The molecule has 2 saturated heterocycles. The van der Waals surface area contributed by atoms with Gasteiger partial charge in [0.25, 0.3) is 0 Å². The number of carbonyl (C=O) groups excluding carboxylic acids is 1. The highest BCUT2D eigenvalue weighted by atomic mass is 35.5. The molecule has 2 fully saturated rings. The van der Waals surface area contributed by atoms with Crippen LogP contribution in [0, 0.1) is 11.7 Å². The maximum Gasteiger partial charge on any atom is 0.243 e. The number of carbonyl (C=O) groups is 1. The molecule has 0 aromatic heterocycles. The van der Waals surface area contributed by atoms with E-state index in [0.717, 1.165) is 19.3 Å². The molecular weight excluding hydrogens is 493 g/mol. The lowest BCUT2D eigenvalue weighted by atomic mass is 9.95. The molecule has 4 rings (SSSR count). The van der Waals surface area contributed by atoms with Crippen LogP contribution >= 0.6 is 11.6 Å². The first-order chi connectivity index (χ1) is 16.8. The number of nitrogens with one attached hydrogen (secondary N) is 1. The number of sulfonamides is 1. The van der Waals surface area contributed by atoms with Crippen LogP contribution in [0.15, 0.2) is 41.3 Å². The van der Waals surface area contributed by atoms with E-state index < -0.39 is 10.0 Å². The monoisotopic (exact) mass is 523 g/mol. The van der Waals surface area contributed by atoms with Gasteiger partial charge < -0.3 is 10.1 Å². The molecule has 10 heteroatoms. The highest BCUT2D eigenvalue weighted by Crippen LogP contribution is 2.31. The Kier molecular flexibility index (Phi) is 8.31. The van der Waals surface area contributed by atoms with Crippen LogP contribution in [-0.2, 0) is 21.4 Å². The van der Waals surface area contributed by atoms with E-state index in [4.69, 9.17) is 16.3 Å². The minimum absolute atomic E-state index is 0.148. The summed E-state index contributed by atoms with van der Waals surface area (Å²) in [5.74, 6) is -0.322. The lowest BCUT2D eigenvalue weighted by molar-refractivity contribution is -0.121. The molecule has 0 unspecified atom stereocenters. The molecule has 2 aliphatic heterocycles. The molecule has 1 N–H and O–H groups in total. The van der Waals surface area contributed by atoms with E-state index in [1.54, 1.807) is 18.2 Å². The maximum atomic E-state index is 14.1. The van der Waals surface area contributed by atoms with E-state index in [1.807, 2.05) is 0 Å². The Morgan fingerprint density at radius 3 is 2.46 bits per heavy atom. The molecule has 2 aliphatic rings. The number of piperidine rings is 2. The Labute approximate surface area is 211 Å². The first-order valence-electron chi connectivity index (χ1n) is 11.9. The van der Waals surface area contributed by atoms with E-state index in [0.29, 0.717) is 67.6 Å². The van der Waals surface area contributed by atoms with Crippen LogP contribution in [0.25, 0.3) is 0 Å². The fraction of sp³-hybridized carbons (Fsp3) is 0.480. The molecule has 2 aromatic rings. The van der Waals surface area contributed by atoms with Gasteiger partial charge in [0.2, 0.25) is 15.9 Å². The average molecular weight is 524 g/mol. The second-order valence-electron chi connectivity index (χ2n) is 9.10. The van der Waals surface area contributed by atoms with Gasteiger partial charge in [-0.1, -0.05) is 24.1 Å². The third-order valence-corrected chi connectivity index (χ3v) is 8.88. The number of likely N-dealkylation sites (tertiary alicyclic amines) is 1. The number of amides is 1. The van der Waals surface area contributed by atoms with Crippen LogP contribution in [0.4, 0.5) is 10.1 Å². The molecule has 2 heterocycles. The van der Waals surface area contributed by atoms with Crippen molar-refractivity contribution in [1.82, 2.24) is 9.21 Å². The molecule has 35 heavy (non-hydrogen) atoms. The lowest BCUT2D eigenvalue weighted by Gasteiger charge is -2.31. The summed E-state index contributed by atoms with van der Waals surface area (Å²) < 4.78 is 47.2. The van der Waals surface area contributed by atoms with Gasteiger partial charge in [-0.2, -0.15) is 4.31 Å². The van der Waals surface area contributed by atoms with Crippen molar-refractivity contribution >= 4 is 33.2 Å². The largest absolute Gasteiger partial charge is 0.495 e. The third kappa shape index (κ3) is 6.14. The van der Waals surface area contributed by atoms with Crippen molar-refractivity contribution in [2.45, 2.75) is 43.5 Å². The van der Waals surface area contributed by atoms with Gasteiger partial charge in [0.15, 0.2) is 0 Å². The number of nitrogens with zero attached hydrogens (tertiary/aromatic N) is 2. The predicted molar refractivity (Wildman–Crippen MR) is 134 cm³/mol. The Bertz CT molecular complexity index is 1160. The number of methoxy groups -OCH3 is 1. The molecule has 0 spiro atoms. The summed E-state index contributed by atoms with van der Waals surface area (Å²) >= 11 is 5.83. The zero-order valence-electron chi connectivity index (χ0n) is 19.8. The van der Waals surface area contributed by atoms with Crippen molar-refractivity contribution in [2.75, 3.05) is 38.6 Å². The first kappa shape index (κ1) is 25.9. The third-order valence-electron chi connectivity index (χ3n) is 6.75. The van der Waals surface area contributed by atoms with Gasteiger partial charge in [-0.3, -0.25) is 9.69 Å². The van der Waals surface area contributed by atoms with Crippen LogP contribution in [0.1, 0.15) is 37.7 Å². The summed E-state index contributed by atoms with van der Waals surface area (Å²) in [6.07, 6.45) is 3.97. The summed E-state index contributed by atoms with van der Waals surface area (Å²) in [6.45, 7) is 2.78. The number of benzene rings is 2. The summed E-state index contributed by atoms with van der Waals surface area (Å²) in [5.41, 5.74) is 0.926. The number of hydrogen-bond donors (Lipinski definition) is 1. The molecule has 7 nitrogen and oxygen atoms in total. The number of halogens is 2. The van der Waals surface area contributed by atoms with Gasteiger partial charge in [0, 0.05) is 36.1 Å². The predicted octanol–water partition coefficient (Wildman–Crippen LogP) is 4.51. The standard InChI is InChI=1S/C25H31ClFN3O4S/c1-34-24-8-7-21(35(32,33)30-11-3-2-4-12-30)16-23(24)28-25(31)18-9-13-29(14-10-18)17-19-5-6-20(26)15-22(19)27/h5-8,15-16,18H,2-4,9-14,17H2,1H3,(H,28,31). The van der Waals surface area contributed by atoms with Crippen molar-refractivity contribution in [3.05, 3.63) is 52.8 Å². The first-order valence-corrected chi connectivity index (χ1v) is 13.7. The number of rotatable bonds is 7. The highest BCUT2D eigenvalue weighted by Gasteiger charge is 2.29. The molecule has 1 amide bonds. The van der Waals surface area contributed by atoms with Gasteiger partial charge in [-0.05, 0) is 69.1 Å². The molecular formula is C25H31ClFN3O4S. The zero-order chi connectivity index (χ0) is 25.0. The van der Waals surface area contributed by atoms with E-state index >= 15 is 0 Å². The quantitative estimate of drug-likeness (QED) is 0.577. The van der Waals surface area contributed by atoms with E-state index in [1.165, 1.54) is 29.6 Å². The smallest absolute Gasteiger partial charge is 0.243 e. The molecule has 190 valence electrons. The van der Waals surface area contributed by atoms with Crippen LogP contribution < -0.4 is 10.1 Å². The summed E-state index contributed by atoms with van der Waals surface area (Å²) in [4.78, 5) is 15.3. The maximum absolute atomic E-state index is 14.1. The lowest BCUT2D eigenvalue weighted by Crippen LogP contribution is -2.38. The SMILES string of the molecule is COc1ccc(S(=O)(=O)N2CCCCC2)cc1NC(=O)C1CCN(Cc2ccc(Cl)cc2F)CC1. The van der Waals surface area contributed by atoms with Crippen LogP contribution in [0.2, 0.25) is 5.02 Å². The summed E-state index contributed by atoms with van der Waals surface area (Å²) in [6, 6.07) is 9.26. The molecule has 0 radical (unpaired) electrons. The molecule has 2 aromatic carbocycles. The highest BCUT2D eigenvalue weighted by molar-refractivity contribution is 7.89. The molecule has 0 bridgehead atoms. The topological polar surface area (TPSA) is 79.0 Å². The second kappa shape index (κ2) is 11.2. The number of hydrogen-bond acceptors (Lipinski definition) is 5. The van der Waals surface area contributed by atoms with Gasteiger partial charge in [0.05, 0.1) is 17.7 Å². The second-order valence-corrected chi connectivity index (χ2v) is 11.5. The molecule has 0 aliphatic carbocycles. The summed E-state index contributed by atoms with van der Waals surface area (Å²) in [5, 5.41) is 3.25. The number of ether oxygens (including phenoxy) is 1. The Morgan fingerprint density at radius 2 is 1.80 bits per heavy atom. The number of anilines is 1. The van der Waals surface area contributed by atoms with Crippen molar-refractivity contribution in [3.8, 4) is 5.75 Å². The van der Waals surface area contributed by atoms with Crippen LogP contribution in [-0.4, -0.2) is 56.8 Å². The van der Waals surface area contributed by atoms with E-state index in [9.17, 15) is 17.6 Å². The van der Waals surface area contributed by atoms with Gasteiger partial charge in [0.1, 0.15) is 11.6 Å². The van der Waals surface area contributed by atoms with Crippen molar-refractivity contribution in [2.24, 2.45) is 5.92 Å². The van der Waals surface area contributed by atoms with Crippen molar-refractivity contribution < 1.29 is 22.3 Å². The zero-order valence-corrected chi connectivity index (χ0v) is 21.4. The molecule has 0 atom stereocenters. The van der Waals surface area contributed by atoms with Gasteiger partial charge >= 0.3 is 0 Å². The van der Waals surface area contributed by atoms with Crippen LogP contribution in [0.3, 0.4) is 0 Å². The minimum atomic E-state index is -3.63. The minimum Gasteiger partial charge on any atom is -0.495 e. The summed E-state index contributed by atoms with van der Waals surface area (Å²) in [7, 11) is -2.15. The Balaban J connectivity index is 1.40. The van der Waals surface area contributed by atoms with Crippen LogP contribution in [0.5, 0.6) is 5.75 Å². The molecule has 0 saturated carbocycles. The van der Waals surface area contributed by atoms with E-state index in [-0.39, 0.29) is 22.5 Å². The van der Waals surface area contributed by atoms with Gasteiger partial charge in [-0.25, -0.2) is 12.8 Å². The average Bonchev–Trinajstić information content (AvgIpc) is 2.86. The Hall–Kier alpha value is -2.20. The van der Waals surface area contributed by atoms with Gasteiger partial charge in [-0.15, -0.1) is 0 Å². The van der Waals surface area contributed by atoms with E-state index in [2.05, 4.69) is 10.2 Å². The normalized spacial score (nSPS) is 18.4. The fourth-order valence-corrected chi connectivity index (χ4v) is 6.38.